The van der Waals surface area contributed by atoms with Crippen LogP contribution in [0.4, 0.5) is 0 Å². The summed E-state index contributed by atoms with van der Waals surface area (Å²) in [7, 11) is 3.02. The van der Waals surface area contributed by atoms with E-state index in [4.69, 9.17) is 18.9 Å². The molecule has 0 saturated carbocycles. The van der Waals surface area contributed by atoms with Crippen LogP contribution in [0.2, 0.25) is 0 Å². The summed E-state index contributed by atoms with van der Waals surface area (Å²) in [6.45, 7) is 0.239. The van der Waals surface area contributed by atoms with Crippen LogP contribution in [0.5, 0.6) is 11.5 Å². The molecule has 0 bridgehead atoms. The van der Waals surface area contributed by atoms with Crippen molar-refractivity contribution in [3.8, 4) is 11.5 Å². The van der Waals surface area contributed by atoms with Gasteiger partial charge in [0.2, 0.25) is 0 Å². The lowest BCUT2D eigenvalue weighted by Crippen LogP contribution is -2.24. The van der Waals surface area contributed by atoms with Crippen LogP contribution in [-0.4, -0.2) is 29.5 Å². The van der Waals surface area contributed by atoms with Crippen molar-refractivity contribution in [3.63, 3.8) is 0 Å². The van der Waals surface area contributed by atoms with Crippen molar-refractivity contribution < 1.29 is 18.7 Å². The molecule has 4 heterocycles. The van der Waals surface area contributed by atoms with Gasteiger partial charge in [-0.25, -0.2) is 4.98 Å². The number of amides is 1. The number of pyridine rings is 2. The number of hydrogen-bond donors (Lipinski definition) is 1. The van der Waals surface area contributed by atoms with Crippen LogP contribution in [0.1, 0.15) is 16.2 Å². The van der Waals surface area contributed by atoms with E-state index in [2.05, 4.69) is 5.32 Å². The van der Waals surface area contributed by atoms with E-state index >= 15 is 0 Å². The van der Waals surface area contributed by atoms with Crippen molar-refractivity contribution in [2.24, 2.45) is 0 Å². The zero-order chi connectivity index (χ0) is 23.4. The Morgan fingerprint density at radius 1 is 1.03 bits per heavy atom. The summed E-state index contributed by atoms with van der Waals surface area (Å²) in [6.07, 6.45) is 1.56. The van der Waals surface area contributed by atoms with E-state index in [1.54, 1.807) is 41.0 Å². The Bertz CT molecular complexity index is 1770. The van der Waals surface area contributed by atoms with Crippen molar-refractivity contribution in [2.45, 2.75) is 6.54 Å². The van der Waals surface area contributed by atoms with Gasteiger partial charge in [-0.15, -0.1) is 0 Å². The minimum atomic E-state index is -0.342. The smallest absolute Gasteiger partial charge is 0.270 e. The standard InChI is InChI=1S/C26H19N3O5/c1-32-20-10-9-16-21(24(20)33-2)26(31)29-19-8-4-3-7-15(19)17-12-18(28-22(16)23(17)29)25(30)27-13-14-6-5-11-34-14/h3-12H,13H2,1-2H3,(H,27,30). The zero-order valence-electron chi connectivity index (χ0n) is 18.4. The lowest BCUT2D eigenvalue weighted by molar-refractivity contribution is 0.0943. The van der Waals surface area contributed by atoms with E-state index < -0.39 is 0 Å². The molecule has 1 amide bonds. The molecule has 0 saturated heterocycles. The van der Waals surface area contributed by atoms with Gasteiger partial charge in [-0.1, -0.05) is 18.2 Å². The number of para-hydroxylation sites is 1. The number of benzene rings is 2. The SMILES string of the molecule is COc1ccc2c(c1OC)c(=O)n1c3ccccc3c3cc(C(=O)NCc4ccco4)nc2c31. The number of methoxy groups -OCH3 is 2. The molecule has 6 rings (SSSR count). The van der Waals surface area contributed by atoms with Gasteiger partial charge in [-0.3, -0.25) is 14.0 Å². The number of rotatable bonds is 5. The molecule has 1 N–H and O–H groups in total. The molecule has 4 aromatic heterocycles. The maximum absolute atomic E-state index is 13.8. The summed E-state index contributed by atoms with van der Waals surface area (Å²) in [5.74, 6) is 1.07. The molecule has 0 aliphatic carbocycles. The first-order valence-corrected chi connectivity index (χ1v) is 10.7. The Morgan fingerprint density at radius 3 is 2.65 bits per heavy atom. The van der Waals surface area contributed by atoms with Gasteiger partial charge in [0.25, 0.3) is 11.5 Å². The number of nitrogens with one attached hydrogen (secondary N) is 1. The Hall–Kier alpha value is -4.59. The van der Waals surface area contributed by atoms with Gasteiger partial charge in [0.1, 0.15) is 11.5 Å². The van der Waals surface area contributed by atoms with Crippen molar-refractivity contribution in [1.29, 1.82) is 0 Å². The molecule has 0 spiro atoms. The Balaban J connectivity index is 1.70. The summed E-state index contributed by atoms with van der Waals surface area (Å²) < 4.78 is 18.0. The van der Waals surface area contributed by atoms with E-state index in [1.165, 1.54) is 14.2 Å². The minimum absolute atomic E-state index is 0.235. The van der Waals surface area contributed by atoms with E-state index in [-0.39, 0.29) is 23.7 Å². The molecule has 34 heavy (non-hydrogen) atoms. The summed E-state index contributed by atoms with van der Waals surface area (Å²) in [4.78, 5) is 31.6. The number of fused-ring (bicyclic) bond motifs is 5. The summed E-state index contributed by atoms with van der Waals surface area (Å²) >= 11 is 0. The first-order chi connectivity index (χ1) is 16.6. The quantitative estimate of drug-likeness (QED) is 0.395. The molecule has 8 heteroatoms. The summed E-state index contributed by atoms with van der Waals surface area (Å²) in [6, 6.07) is 16.4. The van der Waals surface area contributed by atoms with Crippen molar-refractivity contribution >= 4 is 44.0 Å². The van der Waals surface area contributed by atoms with Crippen LogP contribution in [-0.2, 0) is 6.54 Å². The van der Waals surface area contributed by atoms with Crippen molar-refractivity contribution in [3.05, 3.63) is 82.7 Å². The Morgan fingerprint density at radius 2 is 1.88 bits per heavy atom. The fourth-order valence-electron chi connectivity index (χ4n) is 4.62. The topological polar surface area (TPSA) is 95.1 Å². The Labute approximate surface area is 192 Å². The number of carbonyl (C=O) groups is 1. The number of furan rings is 1. The second kappa shape index (κ2) is 7.48. The van der Waals surface area contributed by atoms with Crippen LogP contribution < -0.4 is 20.3 Å². The molecule has 0 radical (unpaired) electrons. The molecule has 6 aromatic rings. The molecular formula is C26H19N3O5. The van der Waals surface area contributed by atoms with Gasteiger partial charge in [-0.2, -0.15) is 0 Å². The fraction of sp³-hybridized carbons (Fsp3) is 0.115. The van der Waals surface area contributed by atoms with Gasteiger partial charge in [0.05, 0.1) is 49.0 Å². The lowest BCUT2D eigenvalue weighted by Gasteiger charge is -2.13. The fourth-order valence-corrected chi connectivity index (χ4v) is 4.62. The molecule has 0 atom stereocenters. The third-order valence-electron chi connectivity index (χ3n) is 6.11. The highest BCUT2D eigenvalue weighted by atomic mass is 16.5. The van der Waals surface area contributed by atoms with Crippen molar-refractivity contribution in [1.82, 2.24) is 14.7 Å². The molecular weight excluding hydrogens is 434 g/mol. The predicted octanol–water partition coefficient (Wildman–Crippen LogP) is 4.13. The average Bonchev–Trinajstić information content (AvgIpc) is 3.51. The predicted molar refractivity (Wildman–Crippen MR) is 128 cm³/mol. The van der Waals surface area contributed by atoms with E-state index in [0.29, 0.717) is 39.1 Å². The molecule has 0 unspecified atom stereocenters. The van der Waals surface area contributed by atoms with Gasteiger partial charge < -0.3 is 19.2 Å². The molecule has 2 aromatic carbocycles. The summed E-state index contributed by atoms with van der Waals surface area (Å²) in [5, 5.41) is 5.41. The van der Waals surface area contributed by atoms with Crippen LogP contribution in [0, 0.1) is 0 Å². The van der Waals surface area contributed by atoms with Crippen LogP contribution in [0.15, 0.2) is 70.1 Å². The third-order valence-corrected chi connectivity index (χ3v) is 6.11. The second-order valence-corrected chi connectivity index (χ2v) is 7.90. The van der Waals surface area contributed by atoms with Gasteiger partial charge in [0, 0.05) is 16.2 Å². The van der Waals surface area contributed by atoms with E-state index in [0.717, 1.165) is 16.3 Å². The lowest BCUT2D eigenvalue weighted by atomic mass is 10.1. The first-order valence-electron chi connectivity index (χ1n) is 10.7. The van der Waals surface area contributed by atoms with Crippen molar-refractivity contribution in [2.75, 3.05) is 14.2 Å². The zero-order valence-corrected chi connectivity index (χ0v) is 18.4. The monoisotopic (exact) mass is 453 g/mol. The van der Waals surface area contributed by atoms with Gasteiger partial charge >= 0.3 is 0 Å². The van der Waals surface area contributed by atoms with Crippen LogP contribution in [0.25, 0.3) is 38.1 Å². The largest absolute Gasteiger partial charge is 0.493 e. The average molecular weight is 453 g/mol. The van der Waals surface area contributed by atoms with Crippen LogP contribution >= 0.6 is 0 Å². The van der Waals surface area contributed by atoms with Gasteiger partial charge in [-0.05, 0) is 36.4 Å². The number of aromatic nitrogens is 2. The van der Waals surface area contributed by atoms with Gasteiger partial charge in [0.15, 0.2) is 11.5 Å². The molecule has 168 valence electrons. The van der Waals surface area contributed by atoms with E-state index in [9.17, 15) is 9.59 Å². The molecule has 0 aliphatic rings. The molecule has 0 fully saturated rings. The maximum Gasteiger partial charge on any atom is 0.270 e. The highest BCUT2D eigenvalue weighted by Gasteiger charge is 2.24. The normalized spacial score (nSPS) is 11.6. The highest BCUT2D eigenvalue weighted by Crippen LogP contribution is 2.39. The number of hydrogen-bond acceptors (Lipinski definition) is 6. The van der Waals surface area contributed by atoms with Crippen LogP contribution in [0.3, 0.4) is 0 Å². The second-order valence-electron chi connectivity index (χ2n) is 7.90. The van der Waals surface area contributed by atoms with E-state index in [1.807, 2.05) is 24.3 Å². The third kappa shape index (κ3) is 2.75. The first kappa shape index (κ1) is 20.0. The summed E-state index contributed by atoms with van der Waals surface area (Å²) in [5.41, 5.74) is 1.93. The molecule has 8 nitrogen and oxygen atoms in total. The number of ether oxygens (including phenoxy) is 2. The maximum atomic E-state index is 13.8. The highest BCUT2D eigenvalue weighted by molar-refractivity contribution is 6.21. The Kier molecular flexibility index (Phi) is 4.41. The number of nitrogens with zero attached hydrogens (tertiary/aromatic N) is 2. The minimum Gasteiger partial charge on any atom is -0.493 e. The number of carbonyl (C=O) groups excluding carboxylic acids is 1. The molecule has 0 aliphatic heterocycles.